The number of nitrogens with zero attached hydrogens (tertiary/aromatic N) is 1. The molecule has 1 aromatic heterocycles. The van der Waals surface area contributed by atoms with E-state index in [1.807, 2.05) is 23.8 Å². The summed E-state index contributed by atoms with van der Waals surface area (Å²) in [7, 11) is 0. The van der Waals surface area contributed by atoms with Crippen molar-refractivity contribution in [1.82, 2.24) is 4.98 Å². The van der Waals surface area contributed by atoms with Crippen LogP contribution in [0.5, 0.6) is 0 Å². The molecule has 0 radical (unpaired) electrons. The van der Waals surface area contributed by atoms with Crippen LogP contribution in [0.4, 0.5) is 5.00 Å². The van der Waals surface area contributed by atoms with E-state index in [-0.39, 0.29) is 5.41 Å². The van der Waals surface area contributed by atoms with Crippen LogP contribution in [0, 0.1) is 11.3 Å². The van der Waals surface area contributed by atoms with Gasteiger partial charge in [-0.1, -0.05) is 43.6 Å². The van der Waals surface area contributed by atoms with Crippen molar-refractivity contribution in [1.29, 1.82) is 0 Å². The van der Waals surface area contributed by atoms with Gasteiger partial charge in [0.15, 0.2) is 0 Å². The summed E-state index contributed by atoms with van der Waals surface area (Å²) >= 11 is 8.12. The Morgan fingerprint density at radius 1 is 1.40 bits per heavy atom. The molecule has 1 aliphatic heterocycles. The van der Waals surface area contributed by atoms with Crippen molar-refractivity contribution in [3.63, 3.8) is 0 Å². The molecule has 1 saturated heterocycles. The summed E-state index contributed by atoms with van der Waals surface area (Å²) in [6, 6.07) is 8.26. The van der Waals surface area contributed by atoms with Crippen molar-refractivity contribution in [3.8, 4) is 0 Å². The maximum absolute atomic E-state index is 6.47. The van der Waals surface area contributed by atoms with Gasteiger partial charge in [-0.25, -0.2) is 0 Å². The predicted octanol–water partition coefficient (Wildman–Crippen LogP) is 5.66. The van der Waals surface area contributed by atoms with Crippen LogP contribution >= 0.6 is 22.9 Å². The van der Waals surface area contributed by atoms with Gasteiger partial charge in [-0.3, -0.25) is 4.98 Å². The molecule has 1 N–H and O–H groups in total. The third kappa shape index (κ3) is 4.96. The minimum absolute atomic E-state index is 0.232. The SMILES string of the molecule is CC(C)C1CC(CCNc2cncs2)(Cc2ccccc2Cl)CCO1. The Hall–Kier alpha value is -1.10. The zero-order chi connectivity index (χ0) is 17.7. The van der Waals surface area contributed by atoms with Gasteiger partial charge in [0.1, 0.15) is 5.00 Å². The molecule has 0 bridgehead atoms. The highest BCUT2D eigenvalue weighted by molar-refractivity contribution is 7.13. The Morgan fingerprint density at radius 3 is 2.96 bits per heavy atom. The van der Waals surface area contributed by atoms with Gasteiger partial charge < -0.3 is 10.1 Å². The molecule has 2 heterocycles. The van der Waals surface area contributed by atoms with Crippen molar-refractivity contribution >= 4 is 27.9 Å². The highest BCUT2D eigenvalue weighted by atomic mass is 35.5. The lowest BCUT2D eigenvalue weighted by molar-refractivity contribution is -0.0711. The molecule has 2 atom stereocenters. The van der Waals surface area contributed by atoms with Gasteiger partial charge in [0.2, 0.25) is 0 Å². The van der Waals surface area contributed by atoms with E-state index >= 15 is 0 Å². The monoisotopic (exact) mass is 378 g/mol. The van der Waals surface area contributed by atoms with E-state index < -0.39 is 0 Å². The first-order valence-electron chi connectivity index (χ1n) is 9.05. The highest BCUT2D eigenvalue weighted by Crippen LogP contribution is 2.42. The van der Waals surface area contributed by atoms with Gasteiger partial charge in [0.05, 0.1) is 17.8 Å². The Balaban J connectivity index is 1.74. The number of ether oxygens (including phenoxy) is 1. The molecule has 136 valence electrons. The molecule has 2 unspecified atom stereocenters. The first-order valence-corrected chi connectivity index (χ1v) is 10.3. The van der Waals surface area contributed by atoms with Crippen molar-refractivity contribution in [2.75, 3.05) is 18.5 Å². The molecule has 1 aliphatic rings. The Labute approximate surface area is 159 Å². The van der Waals surface area contributed by atoms with E-state index in [0.29, 0.717) is 12.0 Å². The van der Waals surface area contributed by atoms with E-state index in [1.165, 1.54) is 5.56 Å². The van der Waals surface area contributed by atoms with Crippen LogP contribution in [0.15, 0.2) is 36.0 Å². The third-order valence-corrected chi connectivity index (χ3v) is 6.35. The zero-order valence-electron chi connectivity index (χ0n) is 15.0. The number of aromatic nitrogens is 1. The molecule has 0 spiro atoms. The Morgan fingerprint density at radius 2 is 2.24 bits per heavy atom. The summed E-state index contributed by atoms with van der Waals surface area (Å²) in [5.74, 6) is 0.542. The molecule has 0 aliphatic carbocycles. The molecule has 1 fully saturated rings. The average molecular weight is 379 g/mol. The fraction of sp³-hybridized carbons (Fsp3) is 0.550. The number of benzene rings is 1. The molecule has 3 rings (SSSR count). The van der Waals surface area contributed by atoms with Gasteiger partial charge in [-0.2, -0.15) is 0 Å². The second-order valence-electron chi connectivity index (χ2n) is 7.42. The molecular formula is C20H27ClN2OS. The number of rotatable bonds is 7. The zero-order valence-corrected chi connectivity index (χ0v) is 16.6. The number of halogens is 1. The quantitative estimate of drug-likeness (QED) is 0.674. The van der Waals surface area contributed by atoms with Crippen molar-refractivity contribution in [3.05, 3.63) is 46.6 Å². The number of anilines is 1. The van der Waals surface area contributed by atoms with Crippen LogP contribution in [0.2, 0.25) is 5.02 Å². The Bertz CT molecular complexity index is 661. The summed E-state index contributed by atoms with van der Waals surface area (Å²) in [4.78, 5) is 4.14. The fourth-order valence-corrected chi connectivity index (χ4v) is 4.46. The van der Waals surface area contributed by atoms with Gasteiger partial charge in [0.25, 0.3) is 0 Å². The highest BCUT2D eigenvalue weighted by Gasteiger charge is 2.38. The van der Waals surface area contributed by atoms with Gasteiger partial charge in [-0.15, -0.1) is 11.3 Å². The summed E-state index contributed by atoms with van der Waals surface area (Å²) in [5.41, 5.74) is 3.35. The maximum Gasteiger partial charge on any atom is 0.108 e. The standard InChI is InChI=1S/C20H27ClN2OS/c1-15(2)18-12-20(8-10-24-18,7-9-23-19-13-22-14-25-19)11-16-5-3-4-6-17(16)21/h3-6,13-15,18,23H,7-12H2,1-2H3. The van der Waals surface area contributed by atoms with E-state index in [1.54, 1.807) is 11.3 Å². The lowest BCUT2D eigenvalue weighted by Crippen LogP contribution is -2.40. The summed E-state index contributed by atoms with van der Waals surface area (Å²) in [5, 5.41) is 5.54. The number of thiazole rings is 1. The molecular weight excluding hydrogens is 352 g/mol. The van der Waals surface area contributed by atoms with Crippen LogP contribution in [-0.2, 0) is 11.2 Å². The van der Waals surface area contributed by atoms with Gasteiger partial charge >= 0.3 is 0 Å². The van der Waals surface area contributed by atoms with Crippen LogP contribution < -0.4 is 5.32 Å². The maximum atomic E-state index is 6.47. The van der Waals surface area contributed by atoms with E-state index in [2.05, 4.69) is 36.3 Å². The largest absolute Gasteiger partial charge is 0.378 e. The Kier molecular flexibility index (Phi) is 6.37. The van der Waals surface area contributed by atoms with Crippen LogP contribution in [-0.4, -0.2) is 24.2 Å². The first kappa shape index (κ1) is 18.7. The van der Waals surface area contributed by atoms with Crippen molar-refractivity contribution in [2.24, 2.45) is 11.3 Å². The second-order valence-corrected chi connectivity index (χ2v) is 8.71. The van der Waals surface area contributed by atoms with Crippen LogP contribution in [0.1, 0.15) is 38.7 Å². The normalized spacial score (nSPS) is 23.8. The summed E-state index contributed by atoms with van der Waals surface area (Å²) < 4.78 is 6.05. The smallest absolute Gasteiger partial charge is 0.108 e. The van der Waals surface area contributed by atoms with Gasteiger partial charge in [-0.05, 0) is 48.6 Å². The minimum Gasteiger partial charge on any atom is -0.378 e. The number of hydrogen-bond acceptors (Lipinski definition) is 4. The summed E-state index contributed by atoms with van der Waals surface area (Å²) in [6.45, 7) is 6.31. The third-order valence-electron chi connectivity index (χ3n) is 5.25. The average Bonchev–Trinajstić information content (AvgIpc) is 3.11. The predicted molar refractivity (Wildman–Crippen MR) is 107 cm³/mol. The minimum atomic E-state index is 0.232. The second kappa shape index (κ2) is 8.52. The molecule has 5 heteroatoms. The lowest BCUT2D eigenvalue weighted by Gasteiger charge is -2.43. The van der Waals surface area contributed by atoms with E-state index in [0.717, 1.165) is 48.9 Å². The summed E-state index contributed by atoms with van der Waals surface area (Å²) in [6.07, 6.45) is 6.55. The number of nitrogens with one attached hydrogen (secondary N) is 1. The molecule has 3 nitrogen and oxygen atoms in total. The molecule has 2 aromatic rings. The molecule has 1 aromatic carbocycles. The topological polar surface area (TPSA) is 34.2 Å². The van der Waals surface area contributed by atoms with Crippen molar-refractivity contribution in [2.45, 2.75) is 45.6 Å². The first-order chi connectivity index (χ1) is 12.1. The molecule has 0 amide bonds. The molecule has 25 heavy (non-hydrogen) atoms. The lowest BCUT2D eigenvalue weighted by atomic mass is 9.69. The van der Waals surface area contributed by atoms with E-state index in [9.17, 15) is 0 Å². The van der Waals surface area contributed by atoms with Gasteiger partial charge in [0, 0.05) is 18.2 Å². The van der Waals surface area contributed by atoms with Crippen molar-refractivity contribution < 1.29 is 4.74 Å². The van der Waals surface area contributed by atoms with Crippen LogP contribution in [0.25, 0.3) is 0 Å². The van der Waals surface area contributed by atoms with E-state index in [4.69, 9.17) is 16.3 Å². The fourth-order valence-electron chi connectivity index (χ4n) is 3.72. The van der Waals surface area contributed by atoms with Crippen LogP contribution in [0.3, 0.4) is 0 Å². The number of hydrogen-bond donors (Lipinski definition) is 1. The molecule has 0 saturated carbocycles.